The van der Waals surface area contributed by atoms with Gasteiger partial charge in [0.1, 0.15) is 12.4 Å². The second-order valence-corrected chi connectivity index (χ2v) is 4.50. The van der Waals surface area contributed by atoms with Crippen LogP contribution in [-0.4, -0.2) is 30.3 Å². The molecule has 17 heavy (non-hydrogen) atoms. The zero-order valence-electron chi connectivity index (χ0n) is 9.23. The monoisotopic (exact) mass is 255 g/mol. The normalized spacial score (nSPS) is 23.6. The maximum Gasteiger partial charge on any atom is 0.308 e. The Labute approximate surface area is 105 Å². The van der Waals surface area contributed by atoms with E-state index in [-0.39, 0.29) is 12.0 Å². The fraction of sp³-hybridized carbons (Fsp3) is 0.417. The van der Waals surface area contributed by atoms with Gasteiger partial charge in [0.05, 0.1) is 12.0 Å². The number of aliphatic carboxylic acids is 1. The molecule has 4 nitrogen and oxygen atoms in total. The van der Waals surface area contributed by atoms with Crippen LogP contribution in [0.3, 0.4) is 0 Å². The first-order valence-electron chi connectivity index (χ1n) is 5.51. The minimum Gasteiger partial charge on any atom is -0.492 e. The third kappa shape index (κ3) is 3.11. The van der Waals surface area contributed by atoms with Crippen LogP contribution < -0.4 is 10.1 Å². The van der Waals surface area contributed by atoms with Crippen LogP contribution in [0.25, 0.3) is 0 Å². The van der Waals surface area contributed by atoms with Crippen molar-refractivity contribution in [3.8, 4) is 5.75 Å². The fourth-order valence-electron chi connectivity index (χ4n) is 1.96. The van der Waals surface area contributed by atoms with Crippen molar-refractivity contribution in [3.05, 3.63) is 29.3 Å². The van der Waals surface area contributed by atoms with E-state index in [0.29, 0.717) is 23.8 Å². The summed E-state index contributed by atoms with van der Waals surface area (Å²) in [5.41, 5.74) is 0. The van der Waals surface area contributed by atoms with Gasteiger partial charge >= 0.3 is 5.97 Å². The van der Waals surface area contributed by atoms with Crippen LogP contribution in [0.15, 0.2) is 24.3 Å². The first-order chi connectivity index (χ1) is 8.16. The molecule has 2 unspecified atom stereocenters. The molecular weight excluding hydrogens is 242 g/mol. The van der Waals surface area contributed by atoms with Crippen LogP contribution in [0.4, 0.5) is 0 Å². The van der Waals surface area contributed by atoms with Crippen molar-refractivity contribution in [3.63, 3.8) is 0 Å². The van der Waals surface area contributed by atoms with E-state index in [9.17, 15) is 4.79 Å². The van der Waals surface area contributed by atoms with Gasteiger partial charge in [-0.25, -0.2) is 0 Å². The molecule has 0 aromatic heterocycles. The molecule has 2 atom stereocenters. The topological polar surface area (TPSA) is 58.6 Å². The number of carbonyl (C=O) groups is 1. The van der Waals surface area contributed by atoms with E-state index in [4.69, 9.17) is 21.4 Å². The smallest absolute Gasteiger partial charge is 0.308 e. The van der Waals surface area contributed by atoms with Crippen molar-refractivity contribution >= 4 is 17.6 Å². The van der Waals surface area contributed by atoms with E-state index in [0.717, 1.165) is 6.54 Å². The number of carboxylic acids is 1. The lowest BCUT2D eigenvalue weighted by molar-refractivity contribution is -0.142. The molecule has 1 saturated heterocycles. The van der Waals surface area contributed by atoms with Crippen molar-refractivity contribution in [2.75, 3.05) is 13.2 Å². The van der Waals surface area contributed by atoms with Crippen LogP contribution >= 0.6 is 11.6 Å². The van der Waals surface area contributed by atoms with Crippen LogP contribution in [0.1, 0.15) is 6.42 Å². The molecule has 92 valence electrons. The summed E-state index contributed by atoms with van der Waals surface area (Å²) in [5.74, 6) is -0.422. The average Bonchev–Trinajstić information content (AvgIpc) is 2.76. The number of carboxylic acid groups (broad SMARTS) is 1. The van der Waals surface area contributed by atoms with Crippen molar-refractivity contribution < 1.29 is 14.6 Å². The van der Waals surface area contributed by atoms with E-state index in [1.165, 1.54) is 0 Å². The highest BCUT2D eigenvalue weighted by Crippen LogP contribution is 2.19. The molecular formula is C12H14ClNO3. The highest BCUT2D eigenvalue weighted by Gasteiger charge is 2.32. The van der Waals surface area contributed by atoms with Crippen LogP contribution in [0.5, 0.6) is 5.75 Å². The standard InChI is InChI=1S/C12H14ClNO3/c13-8-1-3-9(4-2-8)17-7-11-10(12(15)16)5-6-14-11/h1-4,10-11,14H,5-7H2,(H,15,16). The molecule has 1 aromatic rings. The third-order valence-corrected chi connectivity index (χ3v) is 3.16. The number of nitrogens with one attached hydrogen (secondary N) is 1. The van der Waals surface area contributed by atoms with Gasteiger partial charge in [0.15, 0.2) is 0 Å². The summed E-state index contributed by atoms with van der Waals surface area (Å²) in [4.78, 5) is 11.0. The van der Waals surface area contributed by atoms with E-state index in [1.54, 1.807) is 24.3 Å². The first-order valence-corrected chi connectivity index (χ1v) is 5.89. The van der Waals surface area contributed by atoms with Gasteiger partial charge in [0.25, 0.3) is 0 Å². The number of ether oxygens (including phenoxy) is 1. The molecule has 1 aliphatic rings. The molecule has 1 aromatic carbocycles. The van der Waals surface area contributed by atoms with Crippen LogP contribution in [-0.2, 0) is 4.79 Å². The molecule has 2 rings (SSSR count). The van der Waals surface area contributed by atoms with Gasteiger partial charge < -0.3 is 15.2 Å². The Kier molecular flexibility index (Phi) is 3.86. The Balaban J connectivity index is 1.89. The van der Waals surface area contributed by atoms with Crippen molar-refractivity contribution in [2.45, 2.75) is 12.5 Å². The molecule has 0 bridgehead atoms. The maximum absolute atomic E-state index is 11.0. The van der Waals surface area contributed by atoms with Gasteiger partial charge in [-0.1, -0.05) is 11.6 Å². The molecule has 5 heteroatoms. The summed E-state index contributed by atoms with van der Waals surface area (Å²) in [6.07, 6.45) is 0.657. The Hall–Kier alpha value is -1.26. The Morgan fingerprint density at radius 2 is 2.18 bits per heavy atom. The largest absolute Gasteiger partial charge is 0.492 e. The molecule has 1 fully saturated rings. The number of hydrogen-bond donors (Lipinski definition) is 2. The molecule has 1 aliphatic heterocycles. The van der Waals surface area contributed by atoms with E-state index >= 15 is 0 Å². The van der Waals surface area contributed by atoms with Crippen LogP contribution in [0.2, 0.25) is 5.02 Å². The molecule has 0 amide bonds. The fourth-order valence-corrected chi connectivity index (χ4v) is 2.08. The molecule has 0 radical (unpaired) electrons. The van der Waals surface area contributed by atoms with E-state index in [2.05, 4.69) is 5.32 Å². The predicted octanol–water partition coefficient (Wildman–Crippen LogP) is 1.78. The van der Waals surface area contributed by atoms with E-state index in [1.807, 2.05) is 0 Å². The lowest BCUT2D eigenvalue weighted by atomic mass is 10.0. The molecule has 1 heterocycles. The molecule has 0 aliphatic carbocycles. The lowest BCUT2D eigenvalue weighted by Gasteiger charge is -2.16. The lowest BCUT2D eigenvalue weighted by Crippen LogP contribution is -2.36. The average molecular weight is 256 g/mol. The first kappa shape index (κ1) is 12.2. The predicted molar refractivity (Wildman–Crippen MR) is 64.5 cm³/mol. The Morgan fingerprint density at radius 1 is 1.47 bits per heavy atom. The number of rotatable bonds is 4. The Morgan fingerprint density at radius 3 is 2.82 bits per heavy atom. The summed E-state index contributed by atoms with van der Waals surface area (Å²) in [5, 5.41) is 12.8. The Bertz CT molecular complexity index is 393. The van der Waals surface area contributed by atoms with Gasteiger partial charge in [0, 0.05) is 5.02 Å². The summed E-state index contributed by atoms with van der Waals surface area (Å²) in [6, 6.07) is 6.91. The number of benzene rings is 1. The van der Waals surface area contributed by atoms with Crippen molar-refractivity contribution in [1.29, 1.82) is 0 Å². The molecule has 0 spiro atoms. The summed E-state index contributed by atoms with van der Waals surface area (Å²) >= 11 is 5.76. The second kappa shape index (κ2) is 5.38. The molecule has 2 N–H and O–H groups in total. The SMILES string of the molecule is O=C(O)C1CCNC1COc1ccc(Cl)cc1. The second-order valence-electron chi connectivity index (χ2n) is 4.06. The third-order valence-electron chi connectivity index (χ3n) is 2.91. The minimum absolute atomic E-state index is 0.122. The van der Waals surface area contributed by atoms with Gasteiger partial charge in [0.2, 0.25) is 0 Å². The number of hydrogen-bond acceptors (Lipinski definition) is 3. The molecule has 0 saturated carbocycles. The number of halogens is 1. The van der Waals surface area contributed by atoms with Crippen molar-refractivity contribution in [2.24, 2.45) is 5.92 Å². The highest BCUT2D eigenvalue weighted by atomic mass is 35.5. The maximum atomic E-state index is 11.0. The van der Waals surface area contributed by atoms with Gasteiger partial charge in [-0.2, -0.15) is 0 Å². The van der Waals surface area contributed by atoms with Gasteiger partial charge in [-0.3, -0.25) is 4.79 Å². The summed E-state index contributed by atoms with van der Waals surface area (Å²) < 4.78 is 5.54. The van der Waals surface area contributed by atoms with E-state index < -0.39 is 5.97 Å². The van der Waals surface area contributed by atoms with Crippen LogP contribution in [0, 0.1) is 5.92 Å². The van der Waals surface area contributed by atoms with Crippen molar-refractivity contribution in [1.82, 2.24) is 5.32 Å². The zero-order valence-corrected chi connectivity index (χ0v) is 9.98. The summed E-state index contributed by atoms with van der Waals surface area (Å²) in [7, 11) is 0. The minimum atomic E-state index is -0.764. The quantitative estimate of drug-likeness (QED) is 0.861. The summed E-state index contributed by atoms with van der Waals surface area (Å²) in [6.45, 7) is 1.09. The zero-order chi connectivity index (χ0) is 12.3. The van der Waals surface area contributed by atoms with Gasteiger partial charge in [-0.15, -0.1) is 0 Å². The highest BCUT2D eigenvalue weighted by molar-refractivity contribution is 6.30. The van der Waals surface area contributed by atoms with Gasteiger partial charge in [-0.05, 0) is 37.2 Å².